The molecule has 188 valence electrons. The first-order chi connectivity index (χ1) is 15.3. The first kappa shape index (κ1) is 26.6. The van der Waals surface area contributed by atoms with Crippen LogP contribution in [0.4, 0.5) is 0 Å². The first-order valence-corrected chi connectivity index (χ1v) is 12.7. The van der Waals surface area contributed by atoms with Crippen molar-refractivity contribution >= 4 is 0 Å². The number of nitrogens with zero attached hydrogens (tertiary/aromatic N) is 1. The second kappa shape index (κ2) is 8.59. The third-order valence-electron chi connectivity index (χ3n) is 6.88. The summed E-state index contributed by atoms with van der Waals surface area (Å²) in [5.74, 6) is 1.46. The fourth-order valence-corrected chi connectivity index (χ4v) is 4.57. The molecule has 1 aliphatic rings. The van der Waals surface area contributed by atoms with Gasteiger partial charge in [-0.15, -0.1) is 0 Å². The monoisotopic (exact) mass is 465 g/mol. The van der Waals surface area contributed by atoms with Crippen LogP contribution in [0.1, 0.15) is 116 Å². The summed E-state index contributed by atoms with van der Waals surface area (Å²) < 4.78 is 6.41. The lowest BCUT2D eigenvalue weighted by Crippen LogP contribution is -2.34. The van der Waals surface area contributed by atoms with Gasteiger partial charge in [0, 0.05) is 29.8 Å². The van der Waals surface area contributed by atoms with Crippen LogP contribution in [0.5, 0.6) is 11.5 Å². The van der Waals surface area contributed by atoms with E-state index in [0.717, 1.165) is 23.4 Å². The van der Waals surface area contributed by atoms with Gasteiger partial charge in [0.15, 0.2) is 0 Å². The molecule has 2 aromatic carbocycles. The lowest BCUT2D eigenvalue weighted by Gasteiger charge is -2.35. The third-order valence-corrected chi connectivity index (χ3v) is 6.88. The Hall–Kier alpha value is -2.00. The Morgan fingerprint density at radius 3 is 1.71 bits per heavy atom. The summed E-state index contributed by atoms with van der Waals surface area (Å²) in [5, 5.41) is 11.3. The van der Waals surface area contributed by atoms with Gasteiger partial charge < -0.3 is 9.84 Å². The highest BCUT2D eigenvalue weighted by Gasteiger charge is 2.31. The van der Waals surface area contributed by atoms with Crippen LogP contribution < -0.4 is 4.74 Å². The SMILES string of the molecule is CC(C)(C)c1cc(CN2COc3c(cc(C(C)(C)C)cc3C(C)(C)C)C2)c(O)c(C(C)(C)C)c1. The molecule has 34 heavy (non-hydrogen) atoms. The maximum absolute atomic E-state index is 11.3. The van der Waals surface area contributed by atoms with E-state index in [1.54, 1.807) is 0 Å². The van der Waals surface area contributed by atoms with Crippen molar-refractivity contribution in [3.05, 3.63) is 57.6 Å². The highest BCUT2D eigenvalue weighted by Crippen LogP contribution is 2.42. The highest BCUT2D eigenvalue weighted by molar-refractivity contribution is 5.51. The largest absolute Gasteiger partial charge is 0.507 e. The van der Waals surface area contributed by atoms with Gasteiger partial charge in [0.05, 0.1) is 0 Å². The second-order valence-corrected chi connectivity index (χ2v) is 14.3. The molecule has 0 atom stereocenters. The zero-order valence-electron chi connectivity index (χ0n) is 23.7. The average Bonchev–Trinajstić information content (AvgIpc) is 2.65. The number of phenolic OH excluding ortho intramolecular Hbond substituents is 1. The molecule has 0 aromatic heterocycles. The van der Waals surface area contributed by atoms with Gasteiger partial charge in [0.2, 0.25) is 0 Å². The lowest BCUT2D eigenvalue weighted by molar-refractivity contribution is 0.0856. The number of aromatic hydroxyl groups is 1. The maximum Gasteiger partial charge on any atom is 0.142 e. The summed E-state index contributed by atoms with van der Waals surface area (Å²) in [6.45, 7) is 28.8. The van der Waals surface area contributed by atoms with Crippen molar-refractivity contribution in [2.75, 3.05) is 6.73 Å². The molecule has 3 heteroatoms. The summed E-state index contributed by atoms with van der Waals surface area (Å²) in [5.41, 5.74) is 7.07. The van der Waals surface area contributed by atoms with Crippen LogP contribution in [-0.2, 0) is 34.7 Å². The standard InChI is InChI=1S/C31H47NO2/c1-28(2,3)22-13-20(26(33)24(15-22)30(7,8)9)17-32-18-21-14-23(29(4,5)6)16-25(31(10,11)12)27(21)34-19-32/h13-16,33H,17-19H2,1-12H3. The Balaban J connectivity index is 2.03. The minimum atomic E-state index is -0.131. The summed E-state index contributed by atoms with van der Waals surface area (Å²) in [6, 6.07) is 9.03. The fraction of sp³-hybridized carbons (Fsp3) is 0.613. The van der Waals surface area contributed by atoms with Crippen molar-refractivity contribution in [2.45, 2.75) is 118 Å². The smallest absolute Gasteiger partial charge is 0.142 e. The first-order valence-electron chi connectivity index (χ1n) is 12.7. The average molecular weight is 466 g/mol. The normalized spacial score (nSPS) is 15.8. The molecule has 3 rings (SSSR count). The summed E-state index contributed by atoms with van der Waals surface area (Å²) in [4.78, 5) is 2.30. The van der Waals surface area contributed by atoms with Crippen LogP contribution >= 0.6 is 0 Å². The Morgan fingerprint density at radius 2 is 1.21 bits per heavy atom. The topological polar surface area (TPSA) is 32.7 Å². The van der Waals surface area contributed by atoms with E-state index in [4.69, 9.17) is 4.74 Å². The van der Waals surface area contributed by atoms with Crippen LogP contribution in [0.15, 0.2) is 24.3 Å². The molecule has 0 saturated heterocycles. The Labute approximate surface area is 208 Å². The molecule has 1 N–H and O–H groups in total. The van der Waals surface area contributed by atoms with E-state index in [1.165, 1.54) is 22.3 Å². The van der Waals surface area contributed by atoms with Gasteiger partial charge in [-0.2, -0.15) is 0 Å². The predicted octanol–water partition coefficient (Wildman–Crippen LogP) is 7.93. The van der Waals surface area contributed by atoms with Crippen molar-refractivity contribution in [3.8, 4) is 11.5 Å². The van der Waals surface area contributed by atoms with Crippen LogP contribution in [0.2, 0.25) is 0 Å². The molecule has 0 unspecified atom stereocenters. The number of phenols is 1. The van der Waals surface area contributed by atoms with Gasteiger partial charge in [-0.05, 0) is 38.4 Å². The Kier molecular flexibility index (Phi) is 6.72. The van der Waals surface area contributed by atoms with Gasteiger partial charge in [-0.1, -0.05) is 107 Å². The summed E-state index contributed by atoms with van der Waals surface area (Å²) in [6.07, 6.45) is 0. The molecular formula is C31H47NO2. The highest BCUT2D eigenvalue weighted by atomic mass is 16.5. The quantitative estimate of drug-likeness (QED) is 0.489. The predicted molar refractivity (Wildman–Crippen MR) is 144 cm³/mol. The molecule has 2 aromatic rings. The Bertz CT molecular complexity index is 1050. The number of fused-ring (bicyclic) bond motifs is 1. The molecule has 1 heterocycles. The maximum atomic E-state index is 11.3. The zero-order valence-corrected chi connectivity index (χ0v) is 23.7. The number of hydrogen-bond acceptors (Lipinski definition) is 3. The van der Waals surface area contributed by atoms with E-state index in [1.807, 2.05) is 0 Å². The molecule has 3 nitrogen and oxygen atoms in total. The van der Waals surface area contributed by atoms with E-state index < -0.39 is 0 Å². The van der Waals surface area contributed by atoms with Crippen molar-refractivity contribution in [1.29, 1.82) is 0 Å². The van der Waals surface area contributed by atoms with Gasteiger partial charge >= 0.3 is 0 Å². The van der Waals surface area contributed by atoms with Crippen molar-refractivity contribution in [1.82, 2.24) is 4.90 Å². The van der Waals surface area contributed by atoms with E-state index in [2.05, 4.69) is 112 Å². The molecular weight excluding hydrogens is 418 g/mol. The third kappa shape index (κ3) is 5.62. The minimum absolute atomic E-state index is 0.00836. The van der Waals surface area contributed by atoms with E-state index in [9.17, 15) is 5.11 Å². The minimum Gasteiger partial charge on any atom is -0.507 e. The van der Waals surface area contributed by atoms with Crippen molar-refractivity contribution in [2.24, 2.45) is 0 Å². The van der Waals surface area contributed by atoms with Gasteiger partial charge in [-0.3, -0.25) is 4.90 Å². The van der Waals surface area contributed by atoms with Crippen molar-refractivity contribution in [3.63, 3.8) is 0 Å². The summed E-state index contributed by atoms with van der Waals surface area (Å²) in [7, 11) is 0. The number of rotatable bonds is 2. The van der Waals surface area contributed by atoms with Gasteiger partial charge in [0.1, 0.15) is 18.2 Å². The zero-order chi connectivity index (χ0) is 25.9. The second-order valence-electron chi connectivity index (χ2n) is 14.3. The number of hydrogen-bond donors (Lipinski definition) is 1. The summed E-state index contributed by atoms with van der Waals surface area (Å²) >= 11 is 0. The fourth-order valence-electron chi connectivity index (χ4n) is 4.57. The van der Waals surface area contributed by atoms with Gasteiger partial charge in [-0.25, -0.2) is 0 Å². The molecule has 1 aliphatic heterocycles. The number of benzene rings is 2. The van der Waals surface area contributed by atoms with Gasteiger partial charge in [0.25, 0.3) is 0 Å². The molecule has 0 radical (unpaired) electrons. The van der Waals surface area contributed by atoms with E-state index >= 15 is 0 Å². The molecule has 0 amide bonds. The molecule has 0 spiro atoms. The lowest BCUT2D eigenvalue weighted by atomic mass is 9.78. The van der Waals surface area contributed by atoms with Crippen LogP contribution in [0.3, 0.4) is 0 Å². The van der Waals surface area contributed by atoms with Crippen LogP contribution in [0, 0.1) is 0 Å². The van der Waals surface area contributed by atoms with E-state index in [0.29, 0.717) is 19.0 Å². The number of ether oxygens (including phenoxy) is 1. The van der Waals surface area contributed by atoms with Crippen LogP contribution in [0.25, 0.3) is 0 Å². The molecule has 0 fully saturated rings. The Morgan fingerprint density at radius 1 is 0.706 bits per heavy atom. The molecule has 0 aliphatic carbocycles. The van der Waals surface area contributed by atoms with Crippen LogP contribution in [-0.4, -0.2) is 16.7 Å². The molecule has 0 saturated carbocycles. The molecule has 0 bridgehead atoms. The van der Waals surface area contributed by atoms with E-state index in [-0.39, 0.29) is 21.7 Å². The van der Waals surface area contributed by atoms with Crippen molar-refractivity contribution < 1.29 is 9.84 Å².